The van der Waals surface area contributed by atoms with Gasteiger partial charge in [-0.2, -0.15) is 0 Å². The van der Waals surface area contributed by atoms with Crippen LogP contribution in [0.1, 0.15) is 44.1 Å². The second-order valence-corrected chi connectivity index (χ2v) is 9.23. The highest BCUT2D eigenvalue weighted by atomic mass is 16.5. The van der Waals surface area contributed by atoms with Crippen LogP contribution < -0.4 is 10.1 Å². The van der Waals surface area contributed by atoms with Crippen molar-refractivity contribution in [3.8, 4) is 17.0 Å². The maximum Gasteiger partial charge on any atom is 0.242 e. The fourth-order valence-corrected chi connectivity index (χ4v) is 6.30. The van der Waals surface area contributed by atoms with Crippen molar-refractivity contribution in [1.29, 1.82) is 0 Å². The molecule has 28 heavy (non-hydrogen) atoms. The Morgan fingerprint density at radius 2 is 1.89 bits per heavy atom. The minimum absolute atomic E-state index is 0.0435. The molecule has 1 aromatic heterocycles. The van der Waals surface area contributed by atoms with Crippen LogP contribution in [0.15, 0.2) is 24.4 Å². The predicted octanol–water partition coefficient (Wildman–Crippen LogP) is 3.35. The zero-order valence-electron chi connectivity index (χ0n) is 16.6. The molecule has 0 aliphatic heterocycles. The molecule has 6 nitrogen and oxygen atoms in total. The van der Waals surface area contributed by atoms with Crippen LogP contribution in [0.25, 0.3) is 11.3 Å². The molecule has 4 saturated carbocycles. The highest BCUT2D eigenvalue weighted by molar-refractivity contribution is 5.76. The van der Waals surface area contributed by atoms with Crippen molar-refractivity contribution in [1.82, 2.24) is 20.3 Å². The molecule has 1 amide bonds. The lowest BCUT2D eigenvalue weighted by Crippen LogP contribution is -2.60. The van der Waals surface area contributed by atoms with E-state index in [-0.39, 0.29) is 18.0 Å². The summed E-state index contributed by atoms with van der Waals surface area (Å²) >= 11 is 0. The molecule has 6 heteroatoms. The molecule has 4 aliphatic rings. The first-order valence-corrected chi connectivity index (χ1v) is 10.4. The van der Waals surface area contributed by atoms with E-state index in [1.165, 1.54) is 38.5 Å². The number of carbonyl (C=O) groups excluding carboxylic acids is 1. The Hall–Kier alpha value is -2.37. The molecule has 4 bridgehead atoms. The normalized spacial score (nSPS) is 30.4. The number of carbonyl (C=O) groups is 1. The Morgan fingerprint density at radius 3 is 2.50 bits per heavy atom. The van der Waals surface area contributed by atoms with E-state index in [1.54, 1.807) is 11.8 Å². The number of hydrogen-bond acceptors (Lipinski definition) is 4. The number of nitrogens with zero attached hydrogens (tertiary/aromatic N) is 3. The number of amides is 1. The minimum Gasteiger partial charge on any atom is -0.497 e. The first kappa shape index (κ1) is 17.7. The van der Waals surface area contributed by atoms with E-state index in [0.29, 0.717) is 0 Å². The molecule has 0 unspecified atom stereocenters. The van der Waals surface area contributed by atoms with Crippen LogP contribution in [-0.4, -0.2) is 33.5 Å². The SMILES string of the molecule is COc1ccc(-c2cn(CC(=O)NC34CC5CC(CC(C5)C3)C4)nn2)c(C)c1. The van der Waals surface area contributed by atoms with E-state index in [4.69, 9.17) is 4.74 Å². The molecule has 4 fully saturated rings. The summed E-state index contributed by atoms with van der Waals surface area (Å²) in [6.45, 7) is 2.25. The standard InChI is InChI=1S/C22H28N4O2/c1-14-5-18(28-2)3-4-19(14)20-12-26(25-24-20)13-21(27)23-22-9-15-6-16(10-22)8-17(7-15)11-22/h3-5,12,15-17H,6-11,13H2,1-2H3,(H,23,27). The predicted molar refractivity (Wildman–Crippen MR) is 106 cm³/mol. The molecule has 0 radical (unpaired) electrons. The van der Waals surface area contributed by atoms with Crippen molar-refractivity contribution >= 4 is 5.91 Å². The Morgan fingerprint density at radius 1 is 1.21 bits per heavy atom. The second kappa shape index (κ2) is 6.61. The Labute approximate surface area is 165 Å². The maximum atomic E-state index is 12.8. The Balaban J connectivity index is 1.27. The van der Waals surface area contributed by atoms with Crippen molar-refractivity contribution in [3.05, 3.63) is 30.0 Å². The lowest BCUT2D eigenvalue weighted by Gasteiger charge is -2.56. The smallest absolute Gasteiger partial charge is 0.242 e. The van der Waals surface area contributed by atoms with E-state index in [0.717, 1.165) is 40.3 Å². The number of methoxy groups -OCH3 is 1. The molecule has 2 aromatic rings. The van der Waals surface area contributed by atoms with E-state index < -0.39 is 0 Å². The first-order chi connectivity index (χ1) is 13.5. The van der Waals surface area contributed by atoms with Crippen molar-refractivity contribution in [2.45, 2.75) is 57.5 Å². The average molecular weight is 380 g/mol. The zero-order chi connectivity index (χ0) is 19.3. The van der Waals surface area contributed by atoms with Gasteiger partial charge < -0.3 is 10.1 Å². The van der Waals surface area contributed by atoms with Gasteiger partial charge in [0, 0.05) is 11.1 Å². The monoisotopic (exact) mass is 380 g/mol. The van der Waals surface area contributed by atoms with Crippen molar-refractivity contribution in [3.63, 3.8) is 0 Å². The summed E-state index contributed by atoms with van der Waals surface area (Å²) in [5.74, 6) is 3.35. The summed E-state index contributed by atoms with van der Waals surface area (Å²) in [6, 6.07) is 5.88. The van der Waals surface area contributed by atoms with Gasteiger partial charge in [0.2, 0.25) is 5.91 Å². The maximum absolute atomic E-state index is 12.8. The van der Waals surface area contributed by atoms with Gasteiger partial charge in [-0.1, -0.05) is 5.21 Å². The summed E-state index contributed by atoms with van der Waals surface area (Å²) in [5, 5.41) is 11.9. The molecule has 148 valence electrons. The van der Waals surface area contributed by atoms with Gasteiger partial charge in [0.15, 0.2) is 0 Å². The third-order valence-corrected chi connectivity index (χ3v) is 7.00. The molecule has 4 aliphatic carbocycles. The first-order valence-electron chi connectivity index (χ1n) is 10.4. The Bertz CT molecular complexity index is 868. The van der Waals surface area contributed by atoms with Gasteiger partial charge in [-0.05, 0) is 87.0 Å². The summed E-state index contributed by atoms with van der Waals surface area (Å²) in [6.07, 6.45) is 9.48. The van der Waals surface area contributed by atoms with E-state index >= 15 is 0 Å². The minimum atomic E-state index is 0.0435. The number of hydrogen-bond donors (Lipinski definition) is 1. The summed E-state index contributed by atoms with van der Waals surface area (Å²) in [4.78, 5) is 12.8. The van der Waals surface area contributed by atoms with Crippen molar-refractivity contribution < 1.29 is 9.53 Å². The highest BCUT2D eigenvalue weighted by Crippen LogP contribution is 2.55. The Kier molecular flexibility index (Phi) is 4.18. The van der Waals surface area contributed by atoms with Crippen LogP contribution in [0.3, 0.4) is 0 Å². The lowest BCUT2D eigenvalue weighted by molar-refractivity contribution is -0.127. The number of benzene rings is 1. The van der Waals surface area contributed by atoms with E-state index in [1.807, 2.05) is 31.3 Å². The summed E-state index contributed by atoms with van der Waals surface area (Å²) in [5.41, 5.74) is 2.91. The van der Waals surface area contributed by atoms with Gasteiger partial charge >= 0.3 is 0 Å². The molecule has 1 N–H and O–H groups in total. The van der Waals surface area contributed by atoms with Gasteiger partial charge in [-0.25, -0.2) is 4.68 Å². The van der Waals surface area contributed by atoms with Crippen LogP contribution in [0, 0.1) is 24.7 Å². The fraction of sp³-hybridized carbons (Fsp3) is 0.591. The summed E-state index contributed by atoms with van der Waals surface area (Å²) < 4.78 is 6.91. The van der Waals surface area contributed by atoms with Crippen molar-refractivity contribution in [2.24, 2.45) is 17.8 Å². The molecule has 1 heterocycles. The molecule has 1 aromatic carbocycles. The topological polar surface area (TPSA) is 69.0 Å². The number of ether oxygens (including phenoxy) is 1. The lowest BCUT2D eigenvalue weighted by atomic mass is 9.53. The van der Waals surface area contributed by atoms with Crippen LogP contribution in [0.2, 0.25) is 0 Å². The van der Waals surface area contributed by atoms with Crippen LogP contribution in [-0.2, 0) is 11.3 Å². The quantitative estimate of drug-likeness (QED) is 0.864. The number of nitrogens with one attached hydrogen (secondary N) is 1. The van der Waals surface area contributed by atoms with Gasteiger partial charge in [0.25, 0.3) is 0 Å². The van der Waals surface area contributed by atoms with Crippen molar-refractivity contribution in [2.75, 3.05) is 7.11 Å². The fourth-order valence-electron chi connectivity index (χ4n) is 6.30. The van der Waals surface area contributed by atoms with E-state index in [9.17, 15) is 4.79 Å². The van der Waals surface area contributed by atoms with Gasteiger partial charge in [-0.15, -0.1) is 5.10 Å². The molecule has 0 atom stereocenters. The zero-order valence-corrected chi connectivity index (χ0v) is 16.6. The third kappa shape index (κ3) is 3.19. The average Bonchev–Trinajstić information content (AvgIpc) is 3.07. The summed E-state index contributed by atoms with van der Waals surface area (Å²) in [7, 11) is 1.66. The molecule has 6 rings (SSSR count). The molecule has 0 spiro atoms. The van der Waals surface area contributed by atoms with Crippen LogP contribution in [0.5, 0.6) is 5.75 Å². The highest BCUT2D eigenvalue weighted by Gasteiger charge is 2.51. The van der Waals surface area contributed by atoms with Crippen LogP contribution >= 0.6 is 0 Å². The van der Waals surface area contributed by atoms with Gasteiger partial charge in [-0.3, -0.25) is 4.79 Å². The van der Waals surface area contributed by atoms with E-state index in [2.05, 4.69) is 15.6 Å². The number of rotatable bonds is 5. The molecule has 0 saturated heterocycles. The van der Waals surface area contributed by atoms with Crippen LogP contribution in [0.4, 0.5) is 0 Å². The molecular formula is C22H28N4O2. The third-order valence-electron chi connectivity index (χ3n) is 7.00. The largest absolute Gasteiger partial charge is 0.497 e. The van der Waals surface area contributed by atoms with Gasteiger partial charge in [0.05, 0.1) is 13.3 Å². The number of aromatic nitrogens is 3. The second-order valence-electron chi connectivity index (χ2n) is 9.23. The molecular weight excluding hydrogens is 352 g/mol. The number of aryl methyl sites for hydroxylation is 1. The van der Waals surface area contributed by atoms with Gasteiger partial charge in [0.1, 0.15) is 18.0 Å².